The third-order valence-corrected chi connectivity index (χ3v) is 18.3. The second-order valence-corrected chi connectivity index (χ2v) is 26.8. The molecule has 2 aromatic heterocycles. The molecule has 0 radical (unpaired) electrons. The Kier molecular flexibility index (Phi) is 46.8. The molecule has 2 saturated heterocycles. The van der Waals surface area contributed by atoms with Gasteiger partial charge in [-0.15, -0.1) is 10.2 Å². The van der Waals surface area contributed by atoms with Crippen molar-refractivity contribution < 1.29 is 128 Å². The third kappa shape index (κ3) is 36.6. The van der Waals surface area contributed by atoms with Crippen LogP contribution < -0.4 is 26.0 Å². The molecule has 3 aromatic rings. The summed E-state index contributed by atoms with van der Waals surface area (Å²) in [6.07, 6.45) is 5.62. The zero-order chi connectivity index (χ0) is 80.4. The fraction of sp³-hybridized carbons (Fsp3) is 0.736. The quantitative estimate of drug-likeness (QED) is 0.00573. The van der Waals surface area contributed by atoms with Gasteiger partial charge in [-0.3, -0.25) is 33.3 Å². The van der Waals surface area contributed by atoms with E-state index in [1.165, 1.54) is 9.36 Å². The lowest BCUT2D eigenvalue weighted by atomic mass is 9.82. The molecule has 4 amide bonds. The molecule has 8 atom stereocenters. The summed E-state index contributed by atoms with van der Waals surface area (Å²) >= 11 is 0. The van der Waals surface area contributed by atoms with E-state index < -0.39 is 95.6 Å². The number of nitrogens with zero attached hydrogens (tertiary/aromatic N) is 7. The number of aldehydes is 2. The minimum absolute atomic E-state index is 0.0473. The summed E-state index contributed by atoms with van der Waals surface area (Å²) in [6, 6.07) is 0. The first kappa shape index (κ1) is 94.2. The van der Waals surface area contributed by atoms with Crippen LogP contribution in [0.5, 0.6) is 5.75 Å². The van der Waals surface area contributed by atoms with Gasteiger partial charge in [-0.2, -0.15) is 9.50 Å². The van der Waals surface area contributed by atoms with Gasteiger partial charge in [-0.25, -0.2) is 18.7 Å². The van der Waals surface area contributed by atoms with E-state index in [0.29, 0.717) is 49.6 Å². The highest BCUT2D eigenvalue weighted by Crippen LogP contribution is 2.32. The fourth-order valence-electron chi connectivity index (χ4n) is 12.0. The second kappa shape index (κ2) is 55.2. The Morgan fingerprint density at radius 2 is 0.928 bits per heavy atom. The van der Waals surface area contributed by atoms with Crippen LogP contribution in [0, 0.1) is 59.4 Å². The van der Waals surface area contributed by atoms with Crippen molar-refractivity contribution in [1.82, 2.24) is 51.3 Å². The number of rotatable bonds is 64. The van der Waals surface area contributed by atoms with Crippen LogP contribution >= 0.6 is 0 Å². The number of carbonyl (C=O) groups excluding carboxylic acids is 7. The van der Waals surface area contributed by atoms with Gasteiger partial charge in [0.05, 0.1) is 187 Å². The van der Waals surface area contributed by atoms with E-state index in [2.05, 4.69) is 53.6 Å². The van der Waals surface area contributed by atoms with Gasteiger partial charge in [0.2, 0.25) is 35.3 Å². The lowest BCUT2D eigenvalue weighted by molar-refractivity contribution is -0.157. The molecule has 0 bridgehead atoms. The van der Waals surface area contributed by atoms with Crippen molar-refractivity contribution in [3.8, 4) is 5.75 Å². The molecule has 111 heavy (non-hydrogen) atoms. The lowest BCUT2D eigenvalue weighted by Gasteiger charge is -2.36. The van der Waals surface area contributed by atoms with E-state index in [4.69, 9.17) is 62.4 Å². The second-order valence-electron chi connectivity index (χ2n) is 26.8. The van der Waals surface area contributed by atoms with E-state index in [-0.39, 0.29) is 257 Å². The van der Waals surface area contributed by atoms with E-state index in [9.17, 15) is 71.5 Å². The molecule has 4 heterocycles. The highest BCUT2D eigenvalue weighted by atomic mass is 19.2. The van der Waals surface area contributed by atoms with E-state index in [1.807, 2.05) is 0 Å². The minimum Gasteiger partial charge on any atom is -0.423 e. The summed E-state index contributed by atoms with van der Waals surface area (Å²) in [5.74, 6) is -13.1. The van der Waals surface area contributed by atoms with Crippen molar-refractivity contribution in [3.63, 3.8) is 0 Å². The van der Waals surface area contributed by atoms with Crippen molar-refractivity contribution in [1.29, 1.82) is 5.53 Å². The van der Waals surface area contributed by atoms with Gasteiger partial charge in [-0.1, -0.05) is 55.5 Å². The smallest absolute Gasteiger partial charge is 0.311 e. The fourth-order valence-corrected chi connectivity index (χ4v) is 12.0. The van der Waals surface area contributed by atoms with Gasteiger partial charge in [0.15, 0.2) is 17.4 Å². The molecular weight excluding hydrogens is 1480 g/mol. The molecule has 35 nitrogen and oxygen atoms in total. The van der Waals surface area contributed by atoms with Gasteiger partial charge in [0, 0.05) is 87.8 Å². The third-order valence-electron chi connectivity index (χ3n) is 18.3. The maximum absolute atomic E-state index is 14.2. The molecule has 626 valence electrons. The summed E-state index contributed by atoms with van der Waals surface area (Å²) in [4.78, 5) is 90.5. The molecule has 1 aromatic carbocycles. The number of hydrogen-bond acceptors (Lipinski definition) is 29. The van der Waals surface area contributed by atoms with Crippen LogP contribution in [0.2, 0.25) is 0 Å². The first-order valence-corrected chi connectivity index (χ1v) is 37.6. The Hall–Kier alpha value is -7.35. The van der Waals surface area contributed by atoms with Gasteiger partial charge in [-0.05, 0) is 39.0 Å². The predicted octanol–water partition coefficient (Wildman–Crippen LogP) is 2.55. The number of esters is 1. The summed E-state index contributed by atoms with van der Waals surface area (Å²) in [5, 5.41) is 70.9. The standard InChI is InChI=1S/C72H112F4N12O23/c1-50(82-77)45-106-34-31-103-28-25-100-22-19-78-60(93)13-16-72(81-63(96)11-9-7-5-3-4-6-8-10-12-64(97)111-71-51(2)65(73)66(74)67(75)68(71)76,17-14-61(94)79-20-23-101-26-29-104-32-35-107-48-54-39-87(85-83-54)37-52-46-109-58(43-91)69(98)56(52)41-89)18-15-62(95)80-21-24-102-27-30-105-33-36-108-49-55-40-88(86-84-55)38-53-47-110-59(44-92)70(99)57(53)42-90/h39-42,52-53,56-59,69-70,77,91-92,98-99H,1,3-38,43-49H2,2H3,(H,78,93)(H,79,94)(H,80,95)(H,81,96)/t52-,53-,56-,57-,58-,59-,69-,70-/m1/s1. The SMILES string of the molecule is C=C(COCCOCCOCCNC(=O)CCC(CCC(=O)NCCOCCOCCOCc1cn(C[C@@H]2CO[C@H](CO)[C@H](O)[C@@H]2C=O)nn1)(CCC(=O)NCCOCCOCCOCc1cn(C[C@@H]2CO[C@H](CO)[C@H](O)[C@@H]2C=O)nn1)NC(=O)CCCCCCCCCCC(=O)Oc1c(C)c(F)c(F)c(F)c1F)N=N. The average Bonchev–Trinajstić information content (AvgIpc) is 1.28. The number of halogens is 4. The Morgan fingerprint density at radius 3 is 1.33 bits per heavy atom. The van der Waals surface area contributed by atoms with E-state index in [0.717, 1.165) is 32.6 Å². The summed E-state index contributed by atoms with van der Waals surface area (Å²) in [6.45, 7) is 8.60. The van der Waals surface area contributed by atoms with Crippen LogP contribution in [0.15, 0.2) is 29.8 Å². The number of aromatic nitrogens is 6. The topological polar surface area (TPSA) is 457 Å². The molecule has 0 saturated carbocycles. The zero-order valence-corrected chi connectivity index (χ0v) is 63.2. The minimum atomic E-state index is -2.08. The number of carbonyl (C=O) groups is 7. The largest absolute Gasteiger partial charge is 0.423 e. The Labute approximate surface area is 642 Å². The van der Waals surface area contributed by atoms with Crippen molar-refractivity contribution in [2.45, 2.75) is 166 Å². The number of aliphatic hydroxyl groups is 4. The number of hydrogen-bond donors (Lipinski definition) is 9. The Bertz CT molecular complexity index is 3090. The molecule has 2 aliphatic rings. The van der Waals surface area contributed by atoms with Crippen LogP contribution in [0.3, 0.4) is 0 Å². The highest BCUT2D eigenvalue weighted by molar-refractivity contribution is 5.80. The number of unbranched alkanes of at least 4 members (excludes halogenated alkanes) is 7. The van der Waals surface area contributed by atoms with E-state index >= 15 is 0 Å². The van der Waals surface area contributed by atoms with Crippen LogP contribution in [0.1, 0.15) is 120 Å². The zero-order valence-electron chi connectivity index (χ0n) is 63.2. The summed E-state index contributed by atoms with van der Waals surface area (Å²) in [5.41, 5.74) is 6.38. The summed E-state index contributed by atoms with van der Waals surface area (Å²) in [7, 11) is 0. The predicted molar refractivity (Wildman–Crippen MR) is 382 cm³/mol. The molecule has 5 rings (SSSR count). The number of aliphatic hydroxyl groups excluding tert-OH is 4. The number of benzene rings is 1. The molecule has 0 spiro atoms. The Balaban J connectivity index is 1.07. The maximum atomic E-state index is 14.2. The summed E-state index contributed by atoms with van der Waals surface area (Å²) < 4.78 is 125. The Morgan fingerprint density at radius 1 is 0.550 bits per heavy atom. The molecule has 2 fully saturated rings. The monoisotopic (exact) mass is 1590 g/mol. The molecule has 2 aliphatic heterocycles. The maximum Gasteiger partial charge on any atom is 0.311 e. The van der Waals surface area contributed by atoms with Crippen molar-refractivity contribution in [2.24, 2.45) is 28.8 Å². The van der Waals surface area contributed by atoms with Crippen molar-refractivity contribution in [2.75, 3.05) is 152 Å². The van der Waals surface area contributed by atoms with Gasteiger partial charge in [0.25, 0.3) is 0 Å². The molecule has 0 unspecified atom stereocenters. The molecule has 9 N–H and O–H groups in total. The number of amides is 4. The van der Waals surface area contributed by atoms with Crippen molar-refractivity contribution in [3.05, 3.63) is 64.9 Å². The van der Waals surface area contributed by atoms with Crippen molar-refractivity contribution >= 4 is 42.2 Å². The molecular formula is C72H112F4N12O23. The van der Waals surface area contributed by atoms with Gasteiger partial charge >= 0.3 is 5.97 Å². The van der Waals surface area contributed by atoms with Gasteiger partial charge in [0.1, 0.15) is 36.2 Å². The van der Waals surface area contributed by atoms with Crippen LogP contribution in [0.4, 0.5) is 17.6 Å². The van der Waals surface area contributed by atoms with E-state index in [1.54, 1.807) is 12.4 Å². The first-order chi connectivity index (χ1) is 53.7. The lowest BCUT2D eigenvalue weighted by Crippen LogP contribution is -2.50. The number of ether oxygens (including phenoxy) is 12. The van der Waals surface area contributed by atoms with Crippen LogP contribution in [-0.2, 0) is 112 Å². The normalized spacial score (nSPS) is 18.5. The van der Waals surface area contributed by atoms with Crippen LogP contribution in [-0.4, -0.2) is 274 Å². The first-order valence-electron chi connectivity index (χ1n) is 37.6. The molecule has 39 heteroatoms. The van der Waals surface area contributed by atoms with Gasteiger partial charge < -0.3 is 108 Å². The highest BCUT2D eigenvalue weighted by Gasteiger charge is 2.41. The number of nitrogens with one attached hydrogen (secondary N) is 5. The average molecular weight is 1590 g/mol. The van der Waals surface area contributed by atoms with Crippen LogP contribution in [0.25, 0.3) is 0 Å². The molecule has 0 aliphatic carbocycles.